The molecule has 6 heteroatoms. The normalized spacial score (nSPS) is 10.4. The molecule has 3 heterocycles. The van der Waals surface area contributed by atoms with E-state index in [4.69, 9.17) is 5.73 Å². The average molecular weight is 457 g/mol. The van der Waals surface area contributed by atoms with Crippen molar-refractivity contribution in [3.8, 4) is 0 Å². The number of anilines is 3. The predicted molar refractivity (Wildman–Crippen MR) is 147 cm³/mol. The van der Waals surface area contributed by atoms with Crippen molar-refractivity contribution < 1.29 is 0 Å². The minimum absolute atomic E-state index is 0.884. The van der Waals surface area contributed by atoms with E-state index in [2.05, 4.69) is 110 Å². The summed E-state index contributed by atoms with van der Waals surface area (Å²) in [5, 5.41) is 3.19. The number of nitrogen functional groups attached to an aromatic ring is 1. The number of hydrogen-bond acceptors (Lipinski definition) is 3. The van der Waals surface area contributed by atoms with Crippen molar-refractivity contribution in [1.29, 1.82) is 0 Å². The SMILES string of the molecule is CNc1c(C)c(C)c(C)n1C.Cc1c(C)c(N(C)C)n(C)c1C.Cc1c(C)c(N)n(C)c1C. The highest BCUT2D eigenvalue weighted by Crippen LogP contribution is 2.26. The fourth-order valence-electron chi connectivity index (χ4n) is 4.36. The monoisotopic (exact) mass is 456 g/mol. The third-order valence-corrected chi connectivity index (χ3v) is 7.57. The Morgan fingerprint density at radius 2 is 0.970 bits per heavy atom. The van der Waals surface area contributed by atoms with Gasteiger partial charge < -0.3 is 29.7 Å². The van der Waals surface area contributed by atoms with E-state index >= 15 is 0 Å². The third-order valence-electron chi connectivity index (χ3n) is 7.57. The quantitative estimate of drug-likeness (QED) is 0.532. The van der Waals surface area contributed by atoms with E-state index in [1.54, 1.807) is 0 Å². The second-order valence-corrected chi connectivity index (χ2v) is 9.39. The Kier molecular flexibility index (Phi) is 9.34. The van der Waals surface area contributed by atoms with Crippen LogP contribution in [-0.2, 0) is 21.1 Å². The Morgan fingerprint density at radius 3 is 1.12 bits per heavy atom. The lowest BCUT2D eigenvalue weighted by Crippen LogP contribution is -2.14. The molecule has 186 valence electrons. The highest BCUT2D eigenvalue weighted by molar-refractivity contribution is 5.54. The van der Waals surface area contributed by atoms with Crippen LogP contribution in [0.1, 0.15) is 50.5 Å². The zero-order valence-corrected chi connectivity index (χ0v) is 23.9. The molecule has 0 saturated heterocycles. The van der Waals surface area contributed by atoms with Crippen LogP contribution in [0.5, 0.6) is 0 Å². The molecule has 0 saturated carbocycles. The molecule has 0 aliphatic rings. The van der Waals surface area contributed by atoms with E-state index < -0.39 is 0 Å². The summed E-state index contributed by atoms with van der Waals surface area (Å²) in [6, 6.07) is 0. The van der Waals surface area contributed by atoms with E-state index in [1.165, 1.54) is 62.1 Å². The van der Waals surface area contributed by atoms with Crippen molar-refractivity contribution in [3.05, 3.63) is 50.5 Å². The first-order valence-corrected chi connectivity index (χ1v) is 11.6. The van der Waals surface area contributed by atoms with Gasteiger partial charge in [-0.25, -0.2) is 0 Å². The van der Waals surface area contributed by atoms with Crippen LogP contribution < -0.4 is 16.0 Å². The molecule has 0 spiro atoms. The van der Waals surface area contributed by atoms with Gasteiger partial charge in [0.2, 0.25) is 0 Å². The molecule has 0 aromatic carbocycles. The highest BCUT2D eigenvalue weighted by Gasteiger charge is 2.12. The van der Waals surface area contributed by atoms with Gasteiger partial charge in [-0.1, -0.05) is 0 Å². The van der Waals surface area contributed by atoms with Crippen LogP contribution in [0.2, 0.25) is 0 Å². The van der Waals surface area contributed by atoms with Gasteiger partial charge in [0.05, 0.1) is 0 Å². The van der Waals surface area contributed by atoms with E-state index in [0.29, 0.717) is 0 Å². The van der Waals surface area contributed by atoms with Crippen molar-refractivity contribution in [2.45, 2.75) is 62.3 Å². The van der Waals surface area contributed by atoms with Gasteiger partial charge in [0.15, 0.2) is 0 Å². The number of rotatable bonds is 2. The first kappa shape index (κ1) is 28.3. The van der Waals surface area contributed by atoms with Crippen LogP contribution in [0.3, 0.4) is 0 Å². The summed E-state index contributed by atoms with van der Waals surface area (Å²) in [7, 11) is 12.3. The number of nitrogens with zero attached hydrogens (tertiary/aromatic N) is 4. The second kappa shape index (κ2) is 10.9. The molecular weight excluding hydrogens is 408 g/mol. The van der Waals surface area contributed by atoms with Crippen LogP contribution in [-0.4, -0.2) is 34.8 Å². The first-order valence-electron chi connectivity index (χ1n) is 11.6. The zero-order chi connectivity index (χ0) is 25.9. The fourth-order valence-corrected chi connectivity index (χ4v) is 4.36. The van der Waals surface area contributed by atoms with Crippen molar-refractivity contribution in [3.63, 3.8) is 0 Å². The summed E-state index contributed by atoms with van der Waals surface area (Å²) >= 11 is 0. The van der Waals surface area contributed by atoms with Gasteiger partial charge in [-0.3, -0.25) is 0 Å². The van der Waals surface area contributed by atoms with Gasteiger partial charge in [0.25, 0.3) is 0 Å². The largest absolute Gasteiger partial charge is 0.385 e. The summed E-state index contributed by atoms with van der Waals surface area (Å²) in [6.45, 7) is 19.2. The summed E-state index contributed by atoms with van der Waals surface area (Å²) in [5.74, 6) is 3.42. The molecule has 0 amide bonds. The van der Waals surface area contributed by atoms with Crippen molar-refractivity contribution in [2.24, 2.45) is 21.1 Å². The number of hydrogen-bond donors (Lipinski definition) is 2. The minimum Gasteiger partial charge on any atom is -0.385 e. The highest BCUT2D eigenvalue weighted by atomic mass is 15.2. The van der Waals surface area contributed by atoms with E-state index in [-0.39, 0.29) is 0 Å². The number of nitrogens with two attached hydrogens (primary N) is 1. The topological polar surface area (TPSA) is 56.1 Å². The molecule has 6 nitrogen and oxygen atoms in total. The van der Waals surface area contributed by atoms with Crippen molar-refractivity contribution in [1.82, 2.24) is 13.7 Å². The molecular formula is C27H48N6. The van der Waals surface area contributed by atoms with Gasteiger partial charge in [0.1, 0.15) is 17.5 Å². The summed E-state index contributed by atoms with van der Waals surface area (Å²) in [6.07, 6.45) is 0. The molecule has 0 atom stereocenters. The Balaban J connectivity index is 0.000000249. The smallest absolute Gasteiger partial charge is 0.111 e. The van der Waals surface area contributed by atoms with Gasteiger partial charge in [-0.05, 0) is 95.7 Å². The van der Waals surface area contributed by atoms with Gasteiger partial charge in [-0.15, -0.1) is 0 Å². The maximum Gasteiger partial charge on any atom is 0.111 e. The lowest BCUT2D eigenvalue weighted by Gasteiger charge is -2.15. The van der Waals surface area contributed by atoms with Crippen LogP contribution in [0.15, 0.2) is 0 Å². The van der Waals surface area contributed by atoms with Crippen molar-refractivity contribution in [2.75, 3.05) is 37.1 Å². The fraction of sp³-hybridized carbons (Fsp3) is 0.556. The second-order valence-electron chi connectivity index (χ2n) is 9.39. The van der Waals surface area contributed by atoms with E-state index in [9.17, 15) is 0 Å². The molecule has 0 aliphatic heterocycles. The molecule has 3 N–H and O–H groups in total. The Morgan fingerprint density at radius 1 is 0.576 bits per heavy atom. The molecule has 3 aromatic rings. The molecule has 0 aliphatic carbocycles. The van der Waals surface area contributed by atoms with E-state index in [0.717, 1.165) is 5.82 Å². The van der Waals surface area contributed by atoms with Gasteiger partial charge >= 0.3 is 0 Å². The number of aromatic nitrogens is 3. The standard InChI is InChI=1S/C10H18N2.C9H16N2.C8H14N2/c1-7-8(2)10(11(4)5)12(6)9(7)3;1-6-7(2)9(10-4)11(5)8(6)3;1-5-6(2)8(9)10(4)7(5)3/h1-6H3;10H,1-5H3;9H2,1-4H3. The minimum atomic E-state index is 0.884. The maximum atomic E-state index is 5.77. The van der Waals surface area contributed by atoms with Crippen LogP contribution in [0.25, 0.3) is 0 Å². The molecule has 3 rings (SSSR count). The molecule has 0 bridgehead atoms. The van der Waals surface area contributed by atoms with Crippen LogP contribution >= 0.6 is 0 Å². The molecule has 0 unspecified atom stereocenters. The Labute approximate surface area is 202 Å². The van der Waals surface area contributed by atoms with Crippen LogP contribution in [0.4, 0.5) is 17.5 Å². The summed E-state index contributed by atoms with van der Waals surface area (Å²) in [4.78, 5) is 2.16. The lowest BCUT2D eigenvalue weighted by atomic mass is 10.2. The molecule has 0 fully saturated rings. The lowest BCUT2D eigenvalue weighted by molar-refractivity contribution is 0.847. The van der Waals surface area contributed by atoms with E-state index in [1.807, 2.05) is 18.7 Å². The van der Waals surface area contributed by atoms with Crippen LogP contribution in [0, 0.1) is 62.3 Å². The molecule has 0 radical (unpaired) electrons. The Bertz CT molecular complexity index is 974. The number of nitrogens with one attached hydrogen (secondary N) is 1. The molecule has 33 heavy (non-hydrogen) atoms. The Hall–Kier alpha value is -2.76. The summed E-state index contributed by atoms with van der Waals surface area (Å²) < 4.78 is 6.44. The average Bonchev–Trinajstić information content (AvgIpc) is 3.16. The van der Waals surface area contributed by atoms with Gasteiger partial charge in [0, 0.05) is 59.4 Å². The molecule has 3 aromatic heterocycles. The maximum absolute atomic E-state index is 5.77. The summed E-state index contributed by atoms with van der Waals surface area (Å²) in [5.41, 5.74) is 17.8. The first-order chi connectivity index (χ1) is 15.1. The predicted octanol–water partition coefficient (Wildman–Crippen LogP) is 5.54. The third kappa shape index (κ3) is 5.43. The van der Waals surface area contributed by atoms with Crippen molar-refractivity contribution >= 4 is 17.5 Å². The van der Waals surface area contributed by atoms with Gasteiger partial charge in [-0.2, -0.15) is 0 Å². The zero-order valence-electron chi connectivity index (χ0n) is 23.9.